The van der Waals surface area contributed by atoms with Gasteiger partial charge in [-0.1, -0.05) is 6.07 Å². The van der Waals surface area contributed by atoms with Crippen LogP contribution in [0.5, 0.6) is 0 Å². The molecular weight excluding hydrogens is 534 g/mol. The number of alkyl halides is 2. The number of piperazine rings is 1. The van der Waals surface area contributed by atoms with Crippen LogP contribution in [0.1, 0.15) is 32.2 Å². The molecule has 2 atom stereocenters. The molecule has 0 radical (unpaired) electrons. The molecule has 0 N–H and O–H groups in total. The van der Waals surface area contributed by atoms with Crippen LogP contribution < -0.4 is 26.1 Å². The molecule has 0 bridgehead atoms. The van der Waals surface area contributed by atoms with Crippen LogP contribution >= 0.6 is 11.6 Å². The summed E-state index contributed by atoms with van der Waals surface area (Å²) in [6.07, 6.45) is 0.738. The Balaban J connectivity index is 1.41. The van der Waals surface area contributed by atoms with Gasteiger partial charge in [-0.05, 0) is 0 Å². The third kappa shape index (κ3) is 4.97. The van der Waals surface area contributed by atoms with Gasteiger partial charge in [-0.25, -0.2) is 0 Å². The van der Waals surface area contributed by atoms with E-state index in [1.165, 1.54) is 21.2 Å². The molecule has 2 fully saturated rings. The zero-order chi connectivity index (χ0) is 22.1. The van der Waals surface area contributed by atoms with Crippen molar-refractivity contribution in [3.63, 3.8) is 0 Å². The Kier molecular flexibility index (Phi) is 6.72. The molecule has 168 valence electrons. The molecule has 2 aliphatic rings. The van der Waals surface area contributed by atoms with Gasteiger partial charge in [-0.2, -0.15) is 0 Å². The maximum atomic E-state index is 14.1. The number of benzene rings is 3. The van der Waals surface area contributed by atoms with Crippen molar-refractivity contribution in [1.82, 2.24) is 4.90 Å². The number of hydrogen-bond donors (Lipinski definition) is 0. The van der Waals surface area contributed by atoms with Crippen LogP contribution in [0.4, 0.5) is 10.1 Å². The van der Waals surface area contributed by atoms with E-state index in [9.17, 15) is 4.39 Å². The summed E-state index contributed by atoms with van der Waals surface area (Å²) in [6.45, 7) is 5.97. The molecule has 2 aliphatic heterocycles. The van der Waals surface area contributed by atoms with E-state index in [-0.39, 0.29) is 11.9 Å². The second kappa shape index (κ2) is 9.70. The first-order chi connectivity index (χ1) is 15.6. The molecule has 0 saturated carbocycles. The molecule has 2 heterocycles. The summed E-state index contributed by atoms with van der Waals surface area (Å²) in [5.41, 5.74) is 6.41. The fraction of sp³-hybridized carbons (Fsp3) is 0.333. The predicted molar refractivity (Wildman–Crippen MR) is 127 cm³/mol. The van der Waals surface area contributed by atoms with Gasteiger partial charge >= 0.3 is 200 Å². The number of nitrogens with zero attached hydrogens (tertiary/aromatic N) is 2. The topological polar surface area (TPSA) is 6.48 Å². The summed E-state index contributed by atoms with van der Waals surface area (Å²) in [6, 6.07) is 22.7. The van der Waals surface area contributed by atoms with Crippen LogP contribution in [-0.4, -0.2) is 35.5 Å². The molecule has 3 aromatic carbocycles. The average molecular weight is 562 g/mol. The van der Waals surface area contributed by atoms with Gasteiger partial charge in [0.25, 0.3) is 0 Å². The van der Waals surface area contributed by atoms with Crippen molar-refractivity contribution in [2.24, 2.45) is 0 Å². The van der Waals surface area contributed by atoms with E-state index in [2.05, 4.69) is 47.1 Å². The maximum absolute atomic E-state index is 14.1. The molecule has 0 amide bonds. The molecule has 0 aromatic heterocycles. The first kappa shape index (κ1) is 22.2. The summed E-state index contributed by atoms with van der Waals surface area (Å²) < 4.78 is 16.3. The summed E-state index contributed by atoms with van der Waals surface area (Å²) in [5, 5.41) is 0.770. The van der Waals surface area contributed by atoms with Crippen LogP contribution in [0, 0.1) is 12.7 Å². The number of anilines is 1. The molecule has 32 heavy (non-hydrogen) atoms. The van der Waals surface area contributed by atoms with Gasteiger partial charge in [-0.15, -0.1) is 0 Å². The zero-order valence-corrected chi connectivity index (χ0v) is 21.2. The fourth-order valence-electron chi connectivity index (χ4n) is 4.68. The summed E-state index contributed by atoms with van der Waals surface area (Å²) in [4.78, 5) is 5.10. The van der Waals surface area contributed by atoms with Crippen LogP contribution in [0.25, 0.3) is 0 Å². The quantitative estimate of drug-likeness (QED) is 0.337. The van der Waals surface area contributed by atoms with Crippen LogP contribution in [-0.2, 0) is 6.42 Å². The Labute approximate surface area is 205 Å². The summed E-state index contributed by atoms with van der Waals surface area (Å²) >= 11 is 6.54. The SMILES string of the molecule is Cc1ccc(N2CCN(CCc3ccccc3F)CC2c2ccc(Cl)cc2)c(C2C[I-]2)c1. The minimum atomic E-state index is -0.0996. The second-order valence-corrected chi connectivity index (χ2v) is 12.4. The first-order valence-electron chi connectivity index (χ1n) is 11.2. The molecular formula is C27H28ClFIN2-. The Morgan fingerprint density at radius 1 is 1.03 bits per heavy atom. The van der Waals surface area contributed by atoms with Crippen LogP contribution in [0.2, 0.25) is 5.02 Å². The van der Waals surface area contributed by atoms with Crippen molar-refractivity contribution in [1.29, 1.82) is 0 Å². The van der Waals surface area contributed by atoms with E-state index in [0.29, 0.717) is 21.2 Å². The second-order valence-electron chi connectivity index (χ2n) is 8.74. The minimum absolute atomic E-state index is 0.0996. The molecule has 2 unspecified atom stereocenters. The molecule has 2 nitrogen and oxygen atoms in total. The molecule has 0 aliphatic carbocycles. The van der Waals surface area contributed by atoms with E-state index in [1.54, 1.807) is 17.7 Å². The molecule has 5 heteroatoms. The molecule has 0 spiro atoms. The van der Waals surface area contributed by atoms with Crippen LogP contribution in [0.3, 0.4) is 0 Å². The van der Waals surface area contributed by atoms with Gasteiger partial charge in [0.05, 0.1) is 0 Å². The van der Waals surface area contributed by atoms with Gasteiger partial charge in [0.15, 0.2) is 0 Å². The van der Waals surface area contributed by atoms with Crippen molar-refractivity contribution in [3.05, 3.63) is 99.8 Å². The van der Waals surface area contributed by atoms with E-state index in [4.69, 9.17) is 11.6 Å². The average Bonchev–Trinajstić information content (AvgIpc) is 3.65. The van der Waals surface area contributed by atoms with Gasteiger partial charge in [0.2, 0.25) is 0 Å². The third-order valence-corrected chi connectivity index (χ3v) is 9.20. The zero-order valence-electron chi connectivity index (χ0n) is 18.3. The van der Waals surface area contributed by atoms with Crippen LogP contribution in [0.15, 0.2) is 66.7 Å². The van der Waals surface area contributed by atoms with Gasteiger partial charge in [0, 0.05) is 0 Å². The van der Waals surface area contributed by atoms with E-state index < -0.39 is 0 Å². The Bertz CT molecular complexity index is 1080. The Hall–Kier alpha value is -1.63. The van der Waals surface area contributed by atoms with Crippen molar-refractivity contribution >= 4 is 17.3 Å². The van der Waals surface area contributed by atoms with Gasteiger partial charge in [0.1, 0.15) is 0 Å². The van der Waals surface area contributed by atoms with Crippen molar-refractivity contribution in [2.45, 2.75) is 23.3 Å². The van der Waals surface area contributed by atoms with Crippen molar-refractivity contribution < 1.29 is 25.6 Å². The normalized spacial score (nSPS) is 21.3. The van der Waals surface area contributed by atoms with E-state index >= 15 is 0 Å². The van der Waals surface area contributed by atoms with E-state index in [0.717, 1.165) is 47.1 Å². The van der Waals surface area contributed by atoms with Gasteiger partial charge < -0.3 is 0 Å². The molecule has 2 saturated heterocycles. The Morgan fingerprint density at radius 2 is 1.81 bits per heavy atom. The molecule has 3 aromatic rings. The predicted octanol–water partition coefficient (Wildman–Crippen LogP) is 3.04. The monoisotopic (exact) mass is 561 g/mol. The number of rotatable bonds is 6. The van der Waals surface area contributed by atoms with E-state index in [1.807, 2.05) is 24.3 Å². The summed E-state index contributed by atoms with van der Waals surface area (Å²) in [7, 11) is 0. The van der Waals surface area contributed by atoms with Gasteiger partial charge in [-0.3, -0.25) is 0 Å². The number of hydrogen-bond acceptors (Lipinski definition) is 2. The fourth-order valence-corrected chi connectivity index (χ4v) is 6.51. The van der Waals surface area contributed by atoms with Crippen molar-refractivity contribution in [3.8, 4) is 0 Å². The Morgan fingerprint density at radius 3 is 2.56 bits per heavy atom. The third-order valence-electron chi connectivity index (χ3n) is 6.51. The number of aryl methyl sites for hydroxylation is 1. The summed E-state index contributed by atoms with van der Waals surface area (Å²) in [5.74, 6) is -0.0996. The standard InChI is InChI=1S/C27H28ClFIN2/c1-19-6-11-26(23(16-19)25-17-30-25)32-15-14-31(13-12-20-4-2-3-5-24(20)29)18-27(32)21-7-9-22(28)10-8-21/h2-11,16,25,27H,12-15,17-18H2,1H3/q-1. The first-order valence-corrected chi connectivity index (χ1v) is 14.4. The number of halogens is 3. The molecule has 5 rings (SSSR count). The van der Waals surface area contributed by atoms with Crippen molar-refractivity contribution in [2.75, 3.05) is 35.5 Å².